The molecule has 0 aliphatic rings. The molecule has 2 heteroatoms. The Morgan fingerprint density at radius 2 is 1.44 bits per heavy atom. The van der Waals surface area contributed by atoms with Gasteiger partial charge in [0.05, 0.1) is 12.0 Å². The summed E-state index contributed by atoms with van der Waals surface area (Å²) in [7, 11) is 0. The van der Waals surface area contributed by atoms with Gasteiger partial charge in [-0.25, -0.2) is 4.98 Å². The molecule has 0 fully saturated rings. The van der Waals surface area contributed by atoms with Gasteiger partial charge in [-0.3, -0.25) is 0 Å². The minimum Gasteiger partial charge on any atom is -0.306 e. The van der Waals surface area contributed by atoms with Gasteiger partial charge in [0.2, 0.25) is 0 Å². The number of rotatable bonds is 4. The molecule has 0 saturated carbocycles. The first-order valence-electron chi connectivity index (χ1n) is 9.13. The minimum absolute atomic E-state index is 0.565. The van der Waals surface area contributed by atoms with Crippen molar-refractivity contribution in [1.29, 1.82) is 0 Å². The van der Waals surface area contributed by atoms with Gasteiger partial charge < -0.3 is 4.57 Å². The maximum Gasteiger partial charge on any atom is 0.0995 e. The van der Waals surface area contributed by atoms with E-state index in [0.717, 1.165) is 23.7 Å². The van der Waals surface area contributed by atoms with Crippen molar-refractivity contribution in [3.8, 4) is 5.69 Å². The van der Waals surface area contributed by atoms with Gasteiger partial charge in [0.1, 0.15) is 0 Å². The Hall–Kier alpha value is -2.35. The van der Waals surface area contributed by atoms with Crippen LogP contribution in [0.2, 0.25) is 0 Å². The van der Waals surface area contributed by atoms with Gasteiger partial charge in [-0.15, -0.1) is 0 Å². The summed E-state index contributed by atoms with van der Waals surface area (Å²) in [4.78, 5) is 4.51. The third kappa shape index (κ3) is 6.22. The zero-order valence-electron chi connectivity index (χ0n) is 16.1. The molecule has 3 aromatic rings. The summed E-state index contributed by atoms with van der Waals surface area (Å²) >= 11 is 0. The quantitative estimate of drug-likeness (QED) is 0.551. The summed E-state index contributed by atoms with van der Waals surface area (Å²) in [5, 5.41) is 0. The first-order valence-corrected chi connectivity index (χ1v) is 9.13. The largest absolute Gasteiger partial charge is 0.306 e. The predicted octanol–water partition coefficient (Wildman–Crippen LogP) is 6.25. The number of imidazole rings is 1. The van der Waals surface area contributed by atoms with Crippen LogP contribution in [-0.2, 0) is 6.42 Å². The topological polar surface area (TPSA) is 17.8 Å². The maximum atomic E-state index is 4.51. The van der Waals surface area contributed by atoms with Crippen LogP contribution in [-0.4, -0.2) is 9.55 Å². The second-order valence-electron chi connectivity index (χ2n) is 7.41. The molecule has 0 radical (unpaired) electrons. The molecular weight excluding hydrogens is 304 g/mol. The normalized spacial score (nSPS) is 10.7. The van der Waals surface area contributed by atoms with Crippen LogP contribution < -0.4 is 0 Å². The molecule has 0 saturated heterocycles. The highest BCUT2D eigenvalue weighted by atomic mass is 15.0. The lowest BCUT2D eigenvalue weighted by atomic mass is 10.0. The van der Waals surface area contributed by atoms with Crippen molar-refractivity contribution in [2.24, 2.45) is 5.92 Å². The van der Waals surface area contributed by atoms with Gasteiger partial charge in [-0.1, -0.05) is 77.1 Å². The van der Waals surface area contributed by atoms with E-state index in [0.29, 0.717) is 5.92 Å². The average Bonchev–Trinajstić information content (AvgIpc) is 3.04. The van der Waals surface area contributed by atoms with Gasteiger partial charge in [0.15, 0.2) is 0 Å². The lowest BCUT2D eigenvalue weighted by molar-refractivity contribution is 0.737. The van der Waals surface area contributed by atoms with Crippen molar-refractivity contribution in [3.63, 3.8) is 0 Å². The number of hydrogen-bond acceptors (Lipinski definition) is 1. The number of nitrogens with zero attached hydrogens (tertiary/aromatic N) is 2. The SMILES string of the molecule is CC(C)C.CC(C)c1ccc(-n2cnc(Cc3ccccc3)c2)cc1. The van der Waals surface area contributed by atoms with Crippen molar-refractivity contribution in [3.05, 3.63) is 83.9 Å². The lowest BCUT2D eigenvalue weighted by Crippen LogP contribution is -1.92. The molecule has 0 N–H and O–H groups in total. The summed E-state index contributed by atoms with van der Waals surface area (Å²) < 4.78 is 2.09. The van der Waals surface area contributed by atoms with Crippen molar-refractivity contribution in [2.75, 3.05) is 0 Å². The summed E-state index contributed by atoms with van der Waals surface area (Å²) in [6.07, 6.45) is 4.87. The van der Waals surface area contributed by atoms with Crippen LogP contribution in [0.3, 0.4) is 0 Å². The molecule has 0 aliphatic carbocycles. The predicted molar refractivity (Wildman–Crippen MR) is 107 cm³/mol. The zero-order valence-corrected chi connectivity index (χ0v) is 16.1. The fourth-order valence-electron chi connectivity index (χ4n) is 2.43. The molecule has 0 amide bonds. The zero-order chi connectivity index (χ0) is 18.2. The van der Waals surface area contributed by atoms with Crippen LogP contribution in [0.1, 0.15) is 57.4 Å². The molecule has 132 valence electrons. The maximum absolute atomic E-state index is 4.51. The highest BCUT2D eigenvalue weighted by molar-refractivity contribution is 5.36. The van der Waals surface area contributed by atoms with Gasteiger partial charge >= 0.3 is 0 Å². The molecule has 0 aliphatic heterocycles. The monoisotopic (exact) mass is 334 g/mol. The Balaban J connectivity index is 0.000000511. The highest BCUT2D eigenvalue weighted by Crippen LogP contribution is 2.17. The molecule has 0 atom stereocenters. The number of hydrogen-bond donors (Lipinski definition) is 0. The fourth-order valence-corrected chi connectivity index (χ4v) is 2.43. The third-order valence-corrected chi connectivity index (χ3v) is 3.72. The van der Waals surface area contributed by atoms with E-state index in [1.807, 2.05) is 12.4 Å². The minimum atomic E-state index is 0.565. The van der Waals surface area contributed by atoms with Crippen molar-refractivity contribution >= 4 is 0 Å². The summed E-state index contributed by atoms with van der Waals surface area (Å²) in [5.74, 6) is 1.40. The first-order chi connectivity index (χ1) is 12.0. The molecular formula is C23H30N2. The van der Waals surface area contributed by atoms with Crippen LogP contribution >= 0.6 is 0 Å². The molecule has 1 heterocycles. The van der Waals surface area contributed by atoms with Crippen LogP contribution in [0, 0.1) is 5.92 Å². The van der Waals surface area contributed by atoms with E-state index in [-0.39, 0.29) is 0 Å². The molecule has 2 nitrogen and oxygen atoms in total. The smallest absolute Gasteiger partial charge is 0.0995 e. The summed E-state index contributed by atoms with van der Waals surface area (Å²) in [6.45, 7) is 10.9. The molecule has 0 unspecified atom stereocenters. The highest BCUT2D eigenvalue weighted by Gasteiger charge is 2.03. The van der Waals surface area contributed by atoms with Crippen molar-refractivity contribution < 1.29 is 0 Å². The molecule has 2 aromatic carbocycles. The van der Waals surface area contributed by atoms with Crippen LogP contribution in [0.4, 0.5) is 0 Å². The Labute approximate surface area is 152 Å². The van der Waals surface area contributed by atoms with Gasteiger partial charge in [0.25, 0.3) is 0 Å². The number of benzene rings is 2. The molecule has 0 spiro atoms. The Morgan fingerprint density at radius 1 is 0.840 bits per heavy atom. The second kappa shape index (κ2) is 9.22. The van der Waals surface area contributed by atoms with Crippen LogP contribution in [0.5, 0.6) is 0 Å². The Morgan fingerprint density at radius 3 is 2.00 bits per heavy atom. The van der Waals surface area contributed by atoms with E-state index in [1.165, 1.54) is 11.1 Å². The number of aromatic nitrogens is 2. The molecule has 1 aromatic heterocycles. The average molecular weight is 335 g/mol. The fraction of sp³-hybridized carbons (Fsp3) is 0.348. The standard InChI is InChI=1S/C19H20N2.C4H10/c1-15(2)17-8-10-19(11-9-17)21-13-18(20-14-21)12-16-6-4-3-5-7-16;1-4(2)3/h3-11,13-15H,12H2,1-2H3;4H,1-3H3. The first kappa shape index (κ1) is 19.0. The van der Waals surface area contributed by atoms with Crippen LogP contribution in [0.25, 0.3) is 5.69 Å². The van der Waals surface area contributed by atoms with Gasteiger partial charge in [0, 0.05) is 18.3 Å². The van der Waals surface area contributed by atoms with Crippen molar-refractivity contribution in [2.45, 2.75) is 47.0 Å². The van der Waals surface area contributed by atoms with E-state index >= 15 is 0 Å². The summed E-state index contributed by atoms with van der Waals surface area (Å²) in [6, 6.07) is 19.1. The van der Waals surface area contributed by atoms with Gasteiger partial charge in [-0.2, -0.15) is 0 Å². The van der Waals surface area contributed by atoms with E-state index < -0.39 is 0 Å². The lowest BCUT2D eigenvalue weighted by Gasteiger charge is -2.07. The van der Waals surface area contributed by atoms with E-state index in [4.69, 9.17) is 0 Å². The third-order valence-electron chi connectivity index (χ3n) is 3.72. The van der Waals surface area contributed by atoms with E-state index in [1.54, 1.807) is 0 Å². The second-order valence-corrected chi connectivity index (χ2v) is 7.41. The van der Waals surface area contributed by atoms with Crippen molar-refractivity contribution in [1.82, 2.24) is 9.55 Å². The Kier molecular flexibility index (Phi) is 7.00. The molecule has 25 heavy (non-hydrogen) atoms. The van der Waals surface area contributed by atoms with Gasteiger partial charge in [-0.05, 0) is 35.1 Å². The summed E-state index contributed by atoms with van der Waals surface area (Å²) in [5.41, 5.74) is 4.90. The Bertz CT molecular complexity index is 735. The van der Waals surface area contributed by atoms with E-state index in [2.05, 4.69) is 98.9 Å². The van der Waals surface area contributed by atoms with E-state index in [9.17, 15) is 0 Å². The van der Waals surface area contributed by atoms with Crippen LogP contribution in [0.15, 0.2) is 67.1 Å². The molecule has 0 bridgehead atoms. The molecule has 3 rings (SSSR count).